The lowest BCUT2D eigenvalue weighted by Gasteiger charge is -2.29. The van der Waals surface area contributed by atoms with Crippen molar-refractivity contribution in [1.82, 2.24) is 25.3 Å². The molecule has 0 amide bonds. The normalized spacial score (nSPS) is 16.4. The lowest BCUT2D eigenvalue weighted by Crippen LogP contribution is -2.42. The fraction of sp³-hybridized carbons (Fsp3) is 0.545. The highest BCUT2D eigenvalue weighted by molar-refractivity contribution is 5.79. The first-order valence-electron chi connectivity index (χ1n) is 10.4. The molecule has 152 valence electrons. The van der Waals surface area contributed by atoms with Crippen molar-refractivity contribution in [3.63, 3.8) is 0 Å². The molecule has 3 rings (SSSR count). The summed E-state index contributed by atoms with van der Waals surface area (Å²) >= 11 is 0. The number of aryl methyl sites for hydroxylation is 2. The van der Waals surface area contributed by atoms with Crippen LogP contribution in [0.3, 0.4) is 0 Å². The molecule has 2 aromatic rings. The Morgan fingerprint density at radius 1 is 1.18 bits per heavy atom. The van der Waals surface area contributed by atoms with Gasteiger partial charge in [0.2, 0.25) is 0 Å². The van der Waals surface area contributed by atoms with Crippen LogP contribution in [0, 0.1) is 19.8 Å². The summed E-state index contributed by atoms with van der Waals surface area (Å²) in [5.74, 6) is 1.62. The molecule has 1 aromatic carbocycles. The minimum atomic E-state index is 0.622. The number of likely N-dealkylation sites (tertiary alicyclic amines) is 1. The Morgan fingerprint density at radius 2 is 1.93 bits per heavy atom. The van der Waals surface area contributed by atoms with Crippen molar-refractivity contribution in [3.05, 3.63) is 47.3 Å². The van der Waals surface area contributed by atoms with Crippen LogP contribution in [0.1, 0.15) is 36.7 Å². The third kappa shape index (κ3) is 5.35. The summed E-state index contributed by atoms with van der Waals surface area (Å²) in [6.45, 7) is 11.1. The molecule has 0 bridgehead atoms. The van der Waals surface area contributed by atoms with Crippen molar-refractivity contribution in [3.8, 4) is 5.69 Å². The molecule has 28 heavy (non-hydrogen) atoms. The second-order valence-electron chi connectivity index (χ2n) is 7.79. The van der Waals surface area contributed by atoms with Crippen LogP contribution in [0.5, 0.6) is 0 Å². The number of benzene rings is 1. The molecule has 0 radical (unpaired) electrons. The van der Waals surface area contributed by atoms with E-state index in [0.717, 1.165) is 42.0 Å². The van der Waals surface area contributed by atoms with E-state index in [1.165, 1.54) is 31.5 Å². The number of aliphatic imine (C=N–C) groups is 1. The van der Waals surface area contributed by atoms with Crippen LogP contribution < -0.4 is 10.6 Å². The molecule has 2 heterocycles. The predicted molar refractivity (Wildman–Crippen MR) is 116 cm³/mol. The van der Waals surface area contributed by atoms with Gasteiger partial charge in [-0.3, -0.25) is 0 Å². The number of hydrogen-bond acceptors (Lipinski definition) is 3. The third-order valence-corrected chi connectivity index (χ3v) is 5.38. The molecule has 1 aliphatic heterocycles. The summed E-state index contributed by atoms with van der Waals surface area (Å²) in [4.78, 5) is 7.26. The van der Waals surface area contributed by atoms with Gasteiger partial charge in [0, 0.05) is 18.8 Å². The molecule has 1 aliphatic rings. The third-order valence-electron chi connectivity index (χ3n) is 5.38. The highest BCUT2D eigenvalue weighted by Gasteiger charge is 2.16. The zero-order valence-corrected chi connectivity index (χ0v) is 17.7. The fourth-order valence-electron chi connectivity index (χ4n) is 3.74. The first kappa shape index (κ1) is 20.4. The summed E-state index contributed by atoms with van der Waals surface area (Å²) < 4.78 is 2.01. The van der Waals surface area contributed by atoms with Crippen LogP contribution in [0.2, 0.25) is 0 Å². The van der Waals surface area contributed by atoms with E-state index in [-0.39, 0.29) is 0 Å². The summed E-state index contributed by atoms with van der Waals surface area (Å²) in [5.41, 5.74) is 4.44. The summed E-state index contributed by atoms with van der Waals surface area (Å²) in [7, 11) is 2.20. The maximum atomic E-state index is 4.85. The van der Waals surface area contributed by atoms with Crippen LogP contribution in [0.15, 0.2) is 35.3 Å². The molecule has 1 aromatic heterocycles. The molecule has 0 atom stereocenters. The number of para-hydroxylation sites is 1. The van der Waals surface area contributed by atoms with Gasteiger partial charge >= 0.3 is 0 Å². The van der Waals surface area contributed by atoms with Gasteiger partial charge in [-0.15, -0.1) is 0 Å². The van der Waals surface area contributed by atoms with E-state index in [1.807, 2.05) is 11.6 Å². The summed E-state index contributed by atoms with van der Waals surface area (Å²) in [6, 6.07) is 10.5. The molecule has 0 unspecified atom stereocenters. The Balaban J connectivity index is 1.68. The first-order valence-corrected chi connectivity index (χ1v) is 10.4. The standard InChI is InChI=1S/C22H34N6/c1-5-23-22(24-15-19-10-12-27(4)13-11-19)25-16-20-8-6-7-9-21(20)28-18(3)14-17(2)26-28/h6-9,14,19H,5,10-13,15-16H2,1-4H3,(H2,23,24,25). The van der Waals surface area contributed by atoms with E-state index in [0.29, 0.717) is 6.54 Å². The van der Waals surface area contributed by atoms with Gasteiger partial charge in [0.1, 0.15) is 0 Å². The van der Waals surface area contributed by atoms with Gasteiger partial charge < -0.3 is 15.5 Å². The lowest BCUT2D eigenvalue weighted by atomic mass is 9.97. The van der Waals surface area contributed by atoms with E-state index in [1.54, 1.807) is 0 Å². The Labute approximate surface area is 169 Å². The Hall–Kier alpha value is -2.34. The van der Waals surface area contributed by atoms with Crippen molar-refractivity contribution in [1.29, 1.82) is 0 Å². The smallest absolute Gasteiger partial charge is 0.191 e. The number of aromatic nitrogens is 2. The van der Waals surface area contributed by atoms with Crippen LogP contribution in [-0.2, 0) is 6.54 Å². The SMILES string of the molecule is CCNC(=NCc1ccccc1-n1nc(C)cc1C)NCC1CCN(C)CC1. The van der Waals surface area contributed by atoms with Crippen LogP contribution in [-0.4, -0.2) is 53.9 Å². The Morgan fingerprint density at radius 3 is 2.61 bits per heavy atom. The van der Waals surface area contributed by atoms with Gasteiger partial charge in [0.15, 0.2) is 5.96 Å². The molecule has 1 fully saturated rings. The molecule has 6 nitrogen and oxygen atoms in total. The van der Waals surface area contributed by atoms with Gasteiger partial charge in [0.05, 0.1) is 17.9 Å². The topological polar surface area (TPSA) is 57.5 Å². The van der Waals surface area contributed by atoms with E-state index >= 15 is 0 Å². The van der Waals surface area contributed by atoms with Crippen molar-refractivity contribution in [2.45, 2.75) is 40.2 Å². The van der Waals surface area contributed by atoms with Crippen LogP contribution in [0.4, 0.5) is 0 Å². The monoisotopic (exact) mass is 382 g/mol. The van der Waals surface area contributed by atoms with Gasteiger partial charge in [-0.2, -0.15) is 5.10 Å². The van der Waals surface area contributed by atoms with Crippen molar-refractivity contribution < 1.29 is 0 Å². The number of hydrogen-bond donors (Lipinski definition) is 2. The largest absolute Gasteiger partial charge is 0.357 e. The lowest BCUT2D eigenvalue weighted by molar-refractivity contribution is 0.220. The molecule has 2 N–H and O–H groups in total. The fourth-order valence-corrected chi connectivity index (χ4v) is 3.74. The predicted octanol–water partition coefficient (Wildman–Crippen LogP) is 2.89. The van der Waals surface area contributed by atoms with Gasteiger partial charge in [0.25, 0.3) is 0 Å². The minimum Gasteiger partial charge on any atom is -0.357 e. The number of rotatable bonds is 6. The van der Waals surface area contributed by atoms with Crippen molar-refractivity contribution >= 4 is 5.96 Å². The van der Waals surface area contributed by atoms with E-state index in [9.17, 15) is 0 Å². The maximum Gasteiger partial charge on any atom is 0.191 e. The highest BCUT2D eigenvalue weighted by Crippen LogP contribution is 2.18. The summed E-state index contributed by atoms with van der Waals surface area (Å²) in [5, 5.41) is 11.6. The average Bonchev–Trinajstić information content (AvgIpc) is 3.03. The highest BCUT2D eigenvalue weighted by atomic mass is 15.3. The minimum absolute atomic E-state index is 0.622. The van der Waals surface area contributed by atoms with Gasteiger partial charge in [-0.25, -0.2) is 9.67 Å². The van der Waals surface area contributed by atoms with Crippen molar-refractivity contribution in [2.75, 3.05) is 33.2 Å². The molecule has 1 saturated heterocycles. The molecule has 0 aliphatic carbocycles. The molecule has 0 saturated carbocycles. The average molecular weight is 383 g/mol. The quantitative estimate of drug-likeness (QED) is 0.596. The molecular formula is C22H34N6. The van der Waals surface area contributed by atoms with E-state index in [4.69, 9.17) is 4.99 Å². The van der Waals surface area contributed by atoms with Crippen LogP contribution in [0.25, 0.3) is 5.69 Å². The second kappa shape index (κ2) is 9.73. The van der Waals surface area contributed by atoms with Gasteiger partial charge in [-0.1, -0.05) is 18.2 Å². The Bertz CT molecular complexity index is 786. The maximum absolute atomic E-state index is 4.85. The second-order valence-corrected chi connectivity index (χ2v) is 7.79. The summed E-state index contributed by atoms with van der Waals surface area (Å²) in [6.07, 6.45) is 2.51. The van der Waals surface area contributed by atoms with Crippen molar-refractivity contribution in [2.24, 2.45) is 10.9 Å². The molecular weight excluding hydrogens is 348 g/mol. The van der Waals surface area contributed by atoms with E-state index < -0.39 is 0 Å². The zero-order valence-electron chi connectivity index (χ0n) is 17.7. The number of nitrogens with one attached hydrogen (secondary N) is 2. The Kier molecular flexibility index (Phi) is 7.09. The molecule has 0 spiro atoms. The molecule has 6 heteroatoms. The van der Waals surface area contributed by atoms with Gasteiger partial charge in [-0.05, 0) is 77.4 Å². The number of guanidine groups is 1. The van der Waals surface area contributed by atoms with E-state index in [2.05, 4.69) is 71.9 Å². The number of piperidine rings is 1. The van der Waals surface area contributed by atoms with Crippen LogP contribution >= 0.6 is 0 Å². The first-order chi connectivity index (χ1) is 13.6. The number of nitrogens with zero attached hydrogens (tertiary/aromatic N) is 4. The zero-order chi connectivity index (χ0) is 19.9.